The van der Waals surface area contributed by atoms with Gasteiger partial charge in [-0.3, -0.25) is 0 Å². The van der Waals surface area contributed by atoms with Gasteiger partial charge in [-0.1, -0.05) is 26.8 Å². The van der Waals surface area contributed by atoms with Crippen LogP contribution in [-0.4, -0.2) is 11.5 Å². The number of nitrogen functional groups attached to an aromatic ring is 1. The zero-order chi connectivity index (χ0) is 9.90. The van der Waals surface area contributed by atoms with Crippen LogP contribution in [0.2, 0.25) is 0 Å². The van der Waals surface area contributed by atoms with E-state index in [-0.39, 0.29) is 5.41 Å². The van der Waals surface area contributed by atoms with Gasteiger partial charge in [0.1, 0.15) is 11.6 Å². The highest BCUT2D eigenvalue weighted by molar-refractivity contribution is 5.42. The van der Waals surface area contributed by atoms with Gasteiger partial charge in [0.25, 0.3) is 0 Å². The van der Waals surface area contributed by atoms with Gasteiger partial charge in [0.2, 0.25) is 0 Å². The van der Waals surface area contributed by atoms with E-state index in [1.807, 2.05) is 12.1 Å². The number of pyridine rings is 1. The topological polar surface area (TPSA) is 50.9 Å². The van der Waals surface area contributed by atoms with Crippen LogP contribution < -0.4 is 11.1 Å². The van der Waals surface area contributed by atoms with Crippen LogP contribution in [0.15, 0.2) is 18.2 Å². The van der Waals surface area contributed by atoms with Gasteiger partial charge in [0, 0.05) is 6.54 Å². The molecule has 3 nitrogen and oxygen atoms in total. The lowest BCUT2D eigenvalue weighted by molar-refractivity contribution is 0.442. The Morgan fingerprint density at radius 1 is 1.38 bits per heavy atom. The molecule has 0 atom stereocenters. The van der Waals surface area contributed by atoms with E-state index in [4.69, 9.17) is 5.73 Å². The number of hydrogen-bond acceptors (Lipinski definition) is 3. The fourth-order valence-electron chi connectivity index (χ4n) is 0.906. The molecule has 0 aliphatic rings. The van der Waals surface area contributed by atoms with E-state index < -0.39 is 0 Å². The second-order valence-electron chi connectivity index (χ2n) is 4.36. The number of nitrogens with one attached hydrogen (secondary N) is 1. The van der Waals surface area contributed by atoms with Crippen LogP contribution >= 0.6 is 0 Å². The highest BCUT2D eigenvalue weighted by atomic mass is 15.0. The van der Waals surface area contributed by atoms with Crippen LogP contribution in [0, 0.1) is 5.41 Å². The molecule has 1 rings (SSSR count). The number of anilines is 2. The largest absolute Gasteiger partial charge is 0.384 e. The fraction of sp³-hybridized carbons (Fsp3) is 0.500. The van der Waals surface area contributed by atoms with Crippen molar-refractivity contribution in [1.82, 2.24) is 4.98 Å². The van der Waals surface area contributed by atoms with E-state index in [9.17, 15) is 0 Å². The summed E-state index contributed by atoms with van der Waals surface area (Å²) < 4.78 is 0. The molecule has 0 saturated carbocycles. The average Bonchev–Trinajstić information content (AvgIpc) is 2.00. The first kappa shape index (κ1) is 9.84. The number of rotatable bonds is 2. The molecule has 1 aromatic rings. The first-order chi connectivity index (χ1) is 5.97. The second kappa shape index (κ2) is 3.64. The predicted octanol–water partition coefficient (Wildman–Crippen LogP) is 2.12. The lowest BCUT2D eigenvalue weighted by atomic mass is 9.97. The molecule has 0 spiro atoms. The van der Waals surface area contributed by atoms with Crippen molar-refractivity contribution in [2.75, 3.05) is 17.6 Å². The molecule has 0 bridgehead atoms. The van der Waals surface area contributed by atoms with Crippen molar-refractivity contribution in [2.24, 2.45) is 5.41 Å². The SMILES string of the molecule is CC(C)(C)CNc1cccc(N)n1. The Balaban J connectivity index is 2.55. The third-order valence-corrected chi connectivity index (χ3v) is 1.57. The maximum Gasteiger partial charge on any atom is 0.128 e. The molecule has 1 aromatic heterocycles. The van der Waals surface area contributed by atoms with Crippen LogP contribution in [0.3, 0.4) is 0 Å². The maximum absolute atomic E-state index is 5.55. The Kier molecular flexibility index (Phi) is 2.76. The lowest BCUT2D eigenvalue weighted by Crippen LogP contribution is -2.19. The average molecular weight is 179 g/mol. The summed E-state index contributed by atoms with van der Waals surface area (Å²) in [6, 6.07) is 5.59. The normalized spacial score (nSPS) is 11.3. The molecule has 0 aliphatic heterocycles. The zero-order valence-corrected chi connectivity index (χ0v) is 8.46. The molecule has 0 radical (unpaired) electrons. The van der Waals surface area contributed by atoms with Gasteiger partial charge >= 0.3 is 0 Å². The number of hydrogen-bond donors (Lipinski definition) is 2. The van der Waals surface area contributed by atoms with Crippen LogP contribution in [0.25, 0.3) is 0 Å². The fourth-order valence-corrected chi connectivity index (χ4v) is 0.906. The van der Waals surface area contributed by atoms with E-state index in [0.717, 1.165) is 12.4 Å². The molecule has 0 aliphatic carbocycles. The van der Waals surface area contributed by atoms with Gasteiger partial charge in [0.05, 0.1) is 0 Å². The Morgan fingerprint density at radius 3 is 2.62 bits per heavy atom. The summed E-state index contributed by atoms with van der Waals surface area (Å²) in [5, 5.41) is 3.23. The van der Waals surface area contributed by atoms with Crippen LogP contribution in [0.4, 0.5) is 11.6 Å². The van der Waals surface area contributed by atoms with Crippen molar-refractivity contribution < 1.29 is 0 Å². The Labute approximate surface area is 79.4 Å². The van der Waals surface area contributed by atoms with Crippen molar-refractivity contribution >= 4 is 11.6 Å². The number of aromatic nitrogens is 1. The molecule has 0 amide bonds. The lowest BCUT2D eigenvalue weighted by Gasteiger charge is -2.19. The third kappa shape index (κ3) is 3.78. The smallest absolute Gasteiger partial charge is 0.128 e. The summed E-state index contributed by atoms with van der Waals surface area (Å²) in [6.45, 7) is 7.41. The minimum Gasteiger partial charge on any atom is -0.384 e. The van der Waals surface area contributed by atoms with E-state index >= 15 is 0 Å². The van der Waals surface area contributed by atoms with Crippen molar-refractivity contribution in [3.05, 3.63) is 18.2 Å². The van der Waals surface area contributed by atoms with Crippen molar-refractivity contribution in [1.29, 1.82) is 0 Å². The summed E-state index contributed by atoms with van der Waals surface area (Å²) in [5.74, 6) is 1.40. The van der Waals surface area contributed by atoms with Crippen LogP contribution in [0.1, 0.15) is 20.8 Å². The van der Waals surface area contributed by atoms with Gasteiger partial charge in [-0.15, -0.1) is 0 Å². The zero-order valence-electron chi connectivity index (χ0n) is 8.46. The summed E-state index contributed by atoms with van der Waals surface area (Å²) in [4.78, 5) is 4.14. The molecular formula is C10H17N3. The number of nitrogens with zero attached hydrogens (tertiary/aromatic N) is 1. The first-order valence-corrected chi connectivity index (χ1v) is 4.44. The molecule has 0 saturated heterocycles. The van der Waals surface area contributed by atoms with E-state index in [1.165, 1.54) is 0 Å². The van der Waals surface area contributed by atoms with Crippen molar-refractivity contribution in [3.8, 4) is 0 Å². The van der Waals surface area contributed by atoms with Crippen LogP contribution in [-0.2, 0) is 0 Å². The van der Waals surface area contributed by atoms with Gasteiger partial charge in [-0.25, -0.2) is 4.98 Å². The molecule has 0 unspecified atom stereocenters. The van der Waals surface area contributed by atoms with Gasteiger partial charge in [-0.05, 0) is 17.5 Å². The summed E-state index contributed by atoms with van der Waals surface area (Å²) in [5.41, 5.74) is 5.80. The Morgan fingerprint density at radius 2 is 2.08 bits per heavy atom. The minimum atomic E-state index is 0.256. The standard InChI is InChI=1S/C10H17N3/c1-10(2,3)7-12-9-6-4-5-8(11)13-9/h4-6H,7H2,1-3H3,(H3,11,12,13). The van der Waals surface area contributed by atoms with Crippen LogP contribution in [0.5, 0.6) is 0 Å². The summed E-state index contributed by atoms with van der Waals surface area (Å²) >= 11 is 0. The first-order valence-electron chi connectivity index (χ1n) is 4.44. The third-order valence-electron chi connectivity index (χ3n) is 1.57. The van der Waals surface area contributed by atoms with Crippen molar-refractivity contribution in [3.63, 3.8) is 0 Å². The molecule has 3 N–H and O–H groups in total. The van der Waals surface area contributed by atoms with Gasteiger partial charge < -0.3 is 11.1 Å². The molecular weight excluding hydrogens is 162 g/mol. The molecule has 72 valence electrons. The monoisotopic (exact) mass is 179 g/mol. The number of nitrogens with two attached hydrogens (primary N) is 1. The van der Waals surface area contributed by atoms with E-state index in [1.54, 1.807) is 6.07 Å². The summed E-state index contributed by atoms with van der Waals surface area (Å²) in [6.07, 6.45) is 0. The predicted molar refractivity (Wildman–Crippen MR) is 56.6 cm³/mol. The Hall–Kier alpha value is -1.25. The second-order valence-corrected chi connectivity index (χ2v) is 4.36. The molecule has 0 fully saturated rings. The van der Waals surface area contributed by atoms with Crippen molar-refractivity contribution in [2.45, 2.75) is 20.8 Å². The highest BCUT2D eigenvalue weighted by Crippen LogP contribution is 2.14. The van der Waals surface area contributed by atoms with E-state index in [0.29, 0.717) is 5.82 Å². The molecule has 13 heavy (non-hydrogen) atoms. The van der Waals surface area contributed by atoms with E-state index in [2.05, 4.69) is 31.1 Å². The molecule has 3 heteroatoms. The molecule has 0 aromatic carbocycles. The highest BCUT2D eigenvalue weighted by Gasteiger charge is 2.09. The van der Waals surface area contributed by atoms with Gasteiger partial charge in [0.15, 0.2) is 0 Å². The quantitative estimate of drug-likeness (QED) is 0.731. The maximum atomic E-state index is 5.55. The van der Waals surface area contributed by atoms with Gasteiger partial charge in [-0.2, -0.15) is 0 Å². The molecule has 1 heterocycles. The minimum absolute atomic E-state index is 0.256. The summed E-state index contributed by atoms with van der Waals surface area (Å²) in [7, 11) is 0. The Bertz CT molecular complexity index is 276.